The van der Waals surface area contributed by atoms with Crippen LogP contribution in [-0.4, -0.2) is 31.8 Å². The van der Waals surface area contributed by atoms with Crippen LogP contribution in [0.5, 0.6) is 5.75 Å². The number of hydrogen-bond acceptors (Lipinski definition) is 5. The zero-order valence-electron chi connectivity index (χ0n) is 16.5. The summed E-state index contributed by atoms with van der Waals surface area (Å²) in [6, 6.07) is 16.5. The molecular formula is C22H22N2O4S2. The van der Waals surface area contributed by atoms with Gasteiger partial charge in [0, 0.05) is 18.8 Å². The first-order valence-electron chi connectivity index (χ1n) is 9.56. The topological polar surface area (TPSA) is 75.7 Å². The van der Waals surface area contributed by atoms with Crippen LogP contribution in [0.2, 0.25) is 0 Å². The van der Waals surface area contributed by atoms with Gasteiger partial charge in [0.1, 0.15) is 9.96 Å². The van der Waals surface area contributed by atoms with Crippen molar-refractivity contribution in [3.63, 3.8) is 0 Å². The lowest BCUT2D eigenvalue weighted by atomic mass is 10.0. The van der Waals surface area contributed by atoms with E-state index in [0.717, 1.165) is 16.7 Å². The fourth-order valence-electron chi connectivity index (χ4n) is 3.40. The van der Waals surface area contributed by atoms with Gasteiger partial charge < -0.3 is 10.1 Å². The van der Waals surface area contributed by atoms with Crippen molar-refractivity contribution in [1.82, 2.24) is 4.31 Å². The number of aryl methyl sites for hydroxylation is 1. The summed E-state index contributed by atoms with van der Waals surface area (Å²) < 4.78 is 33.0. The Hall–Kier alpha value is -2.68. The largest absolute Gasteiger partial charge is 0.484 e. The third kappa shape index (κ3) is 4.56. The minimum Gasteiger partial charge on any atom is -0.484 e. The van der Waals surface area contributed by atoms with E-state index in [4.69, 9.17) is 4.74 Å². The third-order valence-corrected chi connectivity index (χ3v) is 8.13. The number of ether oxygens (including phenoxy) is 1. The summed E-state index contributed by atoms with van der Waals surface area (Å²) in [4.78, 5) is 12.3. The monoisotopic (exact) mass is 442 g/mol. The molecular weight excluding hydrogens is 420 g/mol. The highest BCUT2D eigenvalue weighted by Gasteiger charge is 2.29. The number of hydrogen-bond donors (Lipinski definition) is 1. The van der Waals surface area contributed by atoms with Crippen LogP contribution in [0.4, 0.5) is 5.69 Å². The number of amides is 1. The van der Waals surface area contributed by atoms with Crippen LogP contribution in [0.15, 0.2) is 64.2 Å². The number of benzene rings is 2. The van der Waals surface area contributed by atoms with E-state index in [2.05, 4.69) is 5.32 Å². The van der Waals surface area contributed by atoms with E-state index in [1.54, 1.807) is 17.5 Å². The first kappa shape index (κ1) is 20.6. The van der Waals surface area contributed by atoms with E-state index in [1.165, 1.54) is 15.6 Å². The van der Waals surface area contributed by atoms with Gasteiger partial charge >= 0.3 is 0 Å². The first-order chi connectivity index (χ1) is 14.4. The van der Waals surface area contributed by atoms with Crippen molar-refractivity contribution in [2.75, 3.05) is 18.5 Å². The van der Waals surface area contributed by atoms with Crippen LogP contribution in [0.1, 0.15) is 16.7 Å². The van der Waals surface area contributed by atoms with E-state index >= 15 is 0 Å². The van der Waals surface area contributed by atoms with Crippen LogP contribution >= 0.6 is 11.3 Å². The lowest BCUT2D eigenvalue weighted by Crippen LogP contribution is -2.35. The van der Waals surface area contributed by atoms with Crippen molar-refractivity contribution in [3.05, 3.63) is 76.7 Å². The molecule has 1 amide bonds. The summed E-state index contributed by atoms with van der Waals surface area (Å²) in [7, 11) is -3.50. The van der Waals surface area contributed by atoms with Crippen molar-refractivity contribution in [3.8, 4) is 5.75 Å². The van der Waals surface area contributed by atoms with Gasteiger partial charge in [0.25, 0.3) is 15.9 Å². The van der Waals surface area contributed by atoms with Crippen molar-refractivity contribution >= 4 is 33.0 Å². The van der Waals surface area contributed by atoms with Gasteiger partial charge in [0.15, 0.2) is 6.61 Å². The number of sulfonamides is 1. The number of anilines is 1. The Kier molecular flexibility index (Phi) is 5.90. The van der Waals surface area contributed by atoms with Gasteiger partial charge in [-0.1, -0.05) is 24.3 Å². The zero-order valence-corrected chi connectivity index (χ0v) is 18.1. The lowest BCUT2D eigenvalue weighted by Gasteiger charge is -2.28. The standard InChI is InChI=1S/C22H22N2O4S2/c1-16-4-2-5-20(12-16)28-15-21(25)23-19-8-7-17-9-10-24(14-18(17)13-19)30(26,27)22-6-3-11-29-22/h2-8,11-13H,9-10,14-15H2,1H3,(H,23,25). The van der Waals surface area contributed by atoms with Gasteiger partial charge in [-0.2, -0.15) is 4.31 Å². The molecule has 30 heavy (non-hydrogen) atoms. The summed E-state index contributed by atoms with van der Waals surface area (Å²) in [6.45, 7) is 2.60. The quantitative estimate of drug-likeness (QED) is 0.630. The average molecular weight is 443 g/mol. The molecule has 0 aliphatic carbocycles. The highest BCUT2D eigenvalue weighted by atomic mass is 32.2. The first-order valence-corrected chi connectivity index (χ1v) is 11.9. The zero-order chi connectivity index (χ0) is 21.1. The van der Waals surface area contributed by atoms with Gasteiger partial charge in [-0.05, 0) is 65.7 Å². The number of nitrogens with one attached hydrogen (secondary N) is 1. The average Bonchev–Trinajstić information content (AvgIpc) is 3.28. The smallest absolute Gasteiger partial charge is 0.262 e. The number of nitrogens with zero attached hydrogens (tertiary/aromatic N) is 1. The van der Waals surface area contributed by atoms with E-state index in [0.29, 0.717) is 35.2 Å². The molecule has 0 fully saturated rings. The maximum Gasteiger partial charge on any atom is 0.262 e. The molecule has 0 radical (unpaired) electrons. The van der Waals surface area contributed by atoms with Crippen molar-refractivity contribution in [1.29, 1.82) is 0 Å². The van der Waals surface area contributed by atoms with Gasteiger partial charge in [0.05, 0.1) is 0 Å². The molecule has 0 saturated carbocycles. The molecule has 2 heterocycles. The van der Waals surface area contributed by atoms with Gasteiger partial charge in [-0.25, -0.2) is 8.42 Å². The number of fused-ring (bicyclic) bond motifs is 1. The molecule has 1 aliphatic heterocycles. The third-order valence-electron chi connectivity index (χ3n) is 4.92. The maximum absolute atomic E-state index is 12.8. The fourth-order valence-corrected chi connectivity index (χ4v) is 5.97. The van der Waals surface area contributed by atoms with E-state index in [1.807, 2.05) is 49.4 Å². The van der Waals surface area contributed by atoms with Gasteiger partial charge in [-0.3, -0.25) is 4.79 Å². The lowest BCUT2D eigenvalue weighted by molar-refractivity contribution is -0.118. The summed E-state index contributed by atoms with van der Waals surface area (Å²) in [6.07, 6.45) is 0.643. The van der Waals surface area contributed by atoms with Gasteiger partial charge in [-0.15, -0.1) is 11.3 Å². The molecule has 8 heteroatoms. The Bertz CT molecular complexity index is 1160. The molecule has 4 rings (SSSR count). The Balaban J connectivity index is 1.42. The molecule has 156 valence electrons. The Labute approximate surface area is 180 Å². The fraction of sp³-hybridized carbons (Fsp3) is 0.227. The summed E-state index contributed by atoms with van der Waals surface area (Å²) in [5.74, 6) is 0.375. The Morgan fingerprint density at radius 1 is 1.13 bits per heavy atom. The second kappa shape index (κ2) is 8.59. The maximum atomic E-state index is 12.8. The highest BCUT2D eigenvalue weighted by Crippen LogP contribution is 2.28. The summed E-state index contributed by atoms with van der Waals surface area (Å²) >= 11 is 1.22. The van der Waals surface area contributed by atoms with Crippen LogP contribution in [0, 0.1) is 6.92 Å². The molecule has 1 N–H and O–H groups in total. The normalized spacial score (nSPS) is 14.2. The predicted octanol–water partition coefficient (Wildman–Crippen LogP) is 3.82. The van der Waals surface area contributed by atoms with E-state index in [9.17, 15) is 13.2 Å². The molecule has 3 aromatic rings. The molecule has 0 spiro atoms. The summed E-state index contributed by atoms with van der Waals surface area (Å²) in [5, 5.41) is 4.59. The second-order valence-electron chi connectivity index (χ2n) is 7.16. The van der Waals surface area contributed by atoms with Crippen molar-refractivity contribution < 1.29 is 17.9 Å². The Morgan fingerprint density at radius 3 is 2.77 bits per heavy atom. The molecule has 0 unspecified atom stereocenters. The minimum absolute atomic E-state index is 0.0978. The molecule has 0 atom stereocenters. The predicted molar refractivity (Wildman–Crippen MR) is 117 cm³/mol. The Morgan fingerprint density at radius 2 is 2.00 bits per heavy atom. The van der Waals surface area contributed by atoms with Crippen LogP contribution in [0.25, 0.3) is 0 Å². The number of rotatable bonds is 6. The molecule has 0 bridgehead atoms. The highest BCUT2D eigenvalue weighted by molar-refractivity contribution is 7.91. The number of thiophene rings is 1. The van der Waals surface area contributed by atoms with Crippen molar-refractivity contribution in [2.45, 2.75) is 24.1 Å². The molecule has 2 aromatic carbocycles. The van der Waals surface area contributed by atoms with Crippen LogP contribution < -0.4 is 10.1 Å². The molecule has 1 aliphatic rings. The van der Waals surface area contributed by atoms with E-state index in [-0.39, 0.29) is 12.5 Å². The van der Waals surface area contributed by atoms with Gasteiger partial charge in [0.2, 0.25) is 0 Å². The van der Waals surface area contributed by atoms with Crippen LogP contribution in [-0.2, 0) is 27.8 Å². The molecule has 1 aromatic heterocycles. The number of carbonyl (C=O) groups is 1. The number of carbonyl (C=O) groups excluding carboxylic acids is 1. The van der Waals surface area contributed by atoms with E-state index < -0.39 is 10.0 Å². The SMILES string of the molecule is Cc1cccc(OCC(=O)Nc2ccc3c(c2)CN(S(=O)(=O)c2cccs2)CC3)c1. The second-order valence-corrected chi connectivity index (χ2v) is 10.3. The van der Waals surface area contributed by atoms with Crippen molar-refractivity contribution in [2.24, 2.45) is 0 Å². The summed E-state index contributed by atoms with van der Waals surface area (Å²) in [5.41, 5.74) is 3.69. The van der Waals surface area contributed by atoms with Crippen LogP contribution in [0.3, 0.4) is 0 Å². The molecule has 0 saturated heterocycles. The minimum atomic E-state index is -3.50. The molecule has 6 nitrogen and oxygen atoms in total.